The summed E-state index contributed by atoms with van der Waals surface area (Å²) in [5.74, 6) is -12.5. The average Bonchev–Trinajstić information content (AvgIpc) is 3.32. The number of unbranched alkanes of at least 4 members (excludes halogenated alkanes) is 8. The van der Waals surface area contributed by atoms with Crippen LogP contribution in [0.25, 0.3) is 0 Å². The molecule has 9 unspecified atom stereocenters. The van der Waals surface area contributed by atoms with Crippen molar-refractivity contribution < 1.29 is 99.0 Å². The van der Waals surface area contributed by atoms with E-state index in [1.807, 2.05) is 21.3 Å². The molecular weight excluding hydrogens is 954 g/mol. The number of carboxylic acids is 2. The summed E-state index contributed by atoms with van der Waals surface area (Å²) < 4.78 is 0. The van der Waals surface area contributed by atoms with Crippen LogP contribution in [0.4, 0.5) is 0 Å². The Kier molecular flexibility index (Phi) is 33.0. The second kappa shape index (κ2) is 36.4. The van der Waals surface area contributed by atoms with Crippen molar-refractivity contribution in [3.63, 3.8) is 0 Å². The van der Waals surface area contributed by atoms with Gasteiger partial charge in [0.1, 0.15) is 36.3 Å². The van der Waals surface area contributed by atoms with Crippen molar-refractivity contribution in [3.05, 3.63) is 10.4 Å². The lowest BCUT2D eigenvalue weighted by Crippen LogP contribution is -2.63. The Hall–Kier alpha value is -6.57. The molecule has 16 N–H and O–H groups in total. The summed E-state index contributed by atoms with van der Waals surface area (Å²) in [4.78, 5) is 114. The number of aliphatic carboxylic acids is 2. The lowest BCUT2D eigenvalue weighted by atomic mass is 10.0. The molecule has 406 valence electrons. The van der Waals surface area contributed by atoms with Gasteiger partial charge in [0.25, 0.3) is 0 Å². The van der Waals surface area contributed by atoms with Crippen molar-refractivity contribution >= 4 is 53.3 Å². The van der Waals surface area contributed by atoms with Crippen LogP contribution in [0.2, 0.25) is 0 Å². The Labute approximate surface area is 407 Å². The fourth-order valence-corrected chi connectivity index (χ4v) is 6.50. The van der Waals surface area contributed by atoms with E-state index in [1.165, 1.54) is 12.8 Å². The number of amides is 7. The molecule has 31 heteroatoms. The maximum atomic E-state index is 13.5. The second-order valence-electron chi connectivity index (χ2n) is 16.4. The zero-order valence-electron chi connectivity index (χ0n) is 39.6. The number of hydroxylamine groups is 2. The topological polar surface area (TPSA) is 497 Å². The van der Waals surface area contributed by atoms with E-state index in [1.54, 1.807) is 0 Å². The average molecular weight is 1030 g/mol. The maximum absolute atomic E-state index is 13.5. The zero-order chi connectivity index (χ0) is 54.1. The molecule has 0 radical (unpaired) electrons. The molecule has 0 aliphatic carbocycles. The predicted octanol–water partition coefficient (Wildman–Crippen LogP) is -4.16. The number of aliphatic hydroxyl groups is 5. The molecule has 0 saturated carbocycles. The van der Waals surface area contributed by atoms with Gasteiger partial charge >= 0.3 is 11.9 Å². The van der Waals surface area contributed by atoms with Crippen LogP contribution >= 0.6 is 0 Å². The standard InChI is InChI=1S/C40H71N11O20/c1-3-4-5-6-7-8-9-10-11-14-24(55)19-29(56)41-20-30(57)46-32(33(58)40(66)67)38(63)45-28(22-53)36(61)47-31(23(2)54)37(62)42-25(15-12-17-50(70)48-68)34(59)44-27(21-52)35(60)43-26(39(64)65)16-13-18-51(71)49-69/h23-28,31-33,52-55,58,68-69H,3-22H2,1-2H3,(H,41,56)(H,42,62)(H,43,60)(H,44,59)(H,45,63)(H,46,57)(H,47,61)(H,64,65)(H,66,67). The Bertz CT molecular complexity index is 1770. The highest BCUT2D eigenvalue weighted by Crippen LogP contribution is 2.13. The first kappa shape index (κ1) is 64.4. The van der Waals surface area contributed by atoms with Gasteiger partial charge in [0.05, 0.1) is 38.4 Å². The van der Waals surface area contributed by atoms with Gasteiger partial charge in [-0.2, -0.15) is 0 Å². The molecular formula is C40H71N11O20. The molecule has 0 aromatic carbocycles. The molecule has 9 atom stereocenters. The van der Waals surface area contributed by atoms with E-state index < -0.39 is 147 Å². The van der Waals surface area contributed by atoms with Crippen molar-refractivity contribution in [2.45, 2.75) is 165 Å². The van der Waals surface area contributed by atoms with Crippen molar-refractivity contribution in [1.82, 2.24) is 37.2 Å². The van der Waals surface area contributed by atoms with Crippen molar-refractivity contribution in [3.8, 4) is 0 Å². The van der Waals surface area contributed by atoms with Gasteiger partial charge in [-0.1, -0.05) is 74.4 Å². The van der Waals surface area contributed by atoms with Gasteiger partial charge in [0, 0.05) is 12.8 Å². The van der Waals surface area contributed by atoms with Crippen LogP contribution < -0.4 is 37.2 Å². The van der Waals surface area contributed by atoms with Crippen LogP contribution in [0.1, 0.15) is 110 Å². The molecule has 0 heterocycles. The monoisotopic (exact) mass is 1030 g/mol. The highest BCUT2D eigenvalue weighted by atomic mass is 16.6. The van der Waals surface area contributed by atoms with Crippen LogP contribution in [0.3, 0.4) is 0 Å². The van der Waals surface area contributed by atoms with E-state index in [9.17, 15) is 89.3 Å². The first-order valence-corrected chi connectivity index (χ1v) is 23.0. The number of carbonyl (C=O) groups excluding carboxylic acids is 7. The van der Waals surface area contributed by atoms with Crippen molar-refractivity contribution in [2.24, 2.45) is 10.6 Å². The molecule has 71 heavy (non-hydrogen) atoms. The van der Waals surface area contributed by atoms with Gasteiger partial charge in [-0.15, -0.1) is 0 Å². The number of aliphatic hydroxyl groups excluding tert-OH is 5. The van der Waals surface area contributed by atoms with Crippen molar-refractivity contribution in [1.29, 1.82) is 0 Å². The van der Waals surface area contributed by atoms with Crippen LogP contribution in [0, 0.1) is 10.4 Å². The molecule has 0 aliphatic heterocycles. The number of carbonyl (C=O) groups is 9. The number of nitrogens with zero attached hydrogens (tertiary/aromatic N) is 4. The fraction of sp³-hybridized carbons (Fsp3) is 0.775. The highest BCUT2D eigenvalue weighted by molar-refractivity contribution is 5.98. The molecule has 0 spiro atoms. The summed E-state index contributed by atoms with van der Waals surface area (Å²) in [6.07, 6.45) is 2.34. The quantitative estimate of drug-likeness (QED) is 0.0120. The largest absolute Gasteiger partial charge is 0.597 e. The molecule has 0 fully saturated rings. The minimum absolute atomic E-state index is 0.167. The minimum atomic E-state index is -2.67. The Morgan fingerprint density at radius 3 is 1.44 bits per heavy atom. The van der Waals surface area contributed by atoms with Gasteiger partial charge in [-0.05, 0) is 26.2 Å². The zero-order valence-corrected chi connectivity index (χ0v) is 39.6. The molecule has 0 saturated heterocycles. The molecule has 0 rings (SSSR count). The third-order valence-corrected chi connectivity index (χ3v) is 10.5. The fourth-order valence-electron chi connectivity index (χ4n) is 6.50. The van der Waals surface area contributed by atoms with E-state index in [4.69, 9.17) is 10.4 Å². The number of nitrogens with one attached hydrogen (secondary N) is 7. The summed E-state index contributed by atoms with van der Waals surface area (Å²) in [6.45, 7) is -1.26. The SMILES string of the molecule is CCCCCCCCCCCC(O)CC(=O)NCC(=O)NC(C(=O)NC(CO)C(=O)NC(C(=O)NC(CCC[N+]([O-])=NO)C(=O)NC(CO)C(=O)NC(CCC[N+]([O-])=NO)C(=O)O)C(C)O)C(O)C(=O)O. The Morgan fingerprint density at radius 2 is 0.958 bits per heavy atom. The lowest BCUT2D eigenvalue weighted by Gasteiger charge is -2.28. The minimum Gasteiger partial charge on any atom is -0.597 e. The summed E-state index contributed by atoms with van der Waals surface area (Å²) in [5.41, 5.74) is 0. The molecule has 7 amide bonds. The summed E-state index contributed by atoms with van der Waals surface area (Å²) in [6, 6.07) is -11.9. The maximum Gasteiger partial charge on any atom is 0.335 e. The number of carboxylic acid groups (broad SMARTS) is 2. The van der Waals surface area contributed by atoms with E-state index >= 15 is 0 Å². The second-order valence-corrected chi connectivity index (χ2v) is 16.4. The normalized spacial score (nSPS) is 15.5. The van der Waals surface area contributed by atoms with Crippen LogP contribution in [0.15, 0.2) is 10.6 Å². The first-order valence-electron chi connectivity index (χ1n) is 23.0. The summed E-state index contributed by atoms with van der Waals surface area (Å²) in [7, 11) is 0. The van der Waals surface area contributed by atoms with Crippen molar-refractivity contribution in [2.75, 3.05) is 32.8 Å². The summed E-state index contributed by atoms with van der Waals surface area (Å²) >= 11 is 0. The van der Waals surface area contributed by atoms with Crippen LogP contribution in [-0.2, 0) is 43.2 Å². The van der Waals surface area contributed by atoms with E-state index in [0.717, 1.165) is 45.4 Å². The van der Waals surface area contributed by atoms with Crippen LogP contribution in [-0.4, -0.2) is 197 Å². The van der Waals surface area contributed by atoms with Gasteiger partial charge in [0.15, 0.2) is 29.7 Å². The first-order chi connectivity index (χ1) is 33.6. The number of hydrogen-bond donors (Lipinski definition) is 16. The molecule has 0 aromatic rings. The molecule has 31 nitrogen and oxygen atoms in total. The van der Waals surface area contributed by atoms with Crippen LogP contribution in [0.5, 0.6) is 0 Å². The highest BCUT2D eigenvalue weighted by Gasteiger charge is 2.38. The van der Waals surface area contributed by atoms with Gasteiger partial charge in [0.2, 0.25) is 41.4 Å². The van der Waals surface area contributed by atoms with Gasteiger partial charge in [-0.3, -0.25) is 33.6 Å². The van der Waals surface area contributed by atoms with Gasteiger partial charge < -0.3 is 93.8 Å². The Morgan fingerprint density at radius 1 is 0.521 bits per heavy atom. The molecule has 0 aliphatic rings. The molecule has 0 aromatic heterocycles. The summed E-state index contributed by atoms with van der Waals surface area (Å²) in [5, 5.41) is 128. The van der Waals surface area contributed by atoms with Gasteiger partial charge in [-0.25, -0.2) is 9.59 Å². The third-order valence-electron chi connectivity index (χ3n) is 10.5. The number of rotatable bonds is 39. The third kappa shape index (κ3) is 27.4. The van der Waals surface area contributed by atoms with E-state index in [0.29, 0.717) is 12.8 Å². The predicted molar refractivity (Wildman–Crippen MR) is 238 cm³/mol. The van der Waals surface area contributed by atoms with E-state index in [-0.39, 0.29) is 35.4 Å². The van der Waals surface area contributed by atoms with E-state index in [2.05, 4.69) is 33.4 Å². The lowest BCUT2D eigenvalue weighted by molar-refractivity contribution is -0.556. The molecule has 0 bridgehead atoms. The Balaban J connectivity index is 5.85. The smallest absolute Gasteiger partial charge is 0.335 e. The number of hydrogen-bond acceptors (Lipinski definition) is 18.